The smallest absolute Gasteiger partial charge is 0.223 e. The number of rotatable bonds is 7. The van der Waals surface area contributed by atoms with E-state index in [9.17, 15) is 4.79 Å². The fraction of sp³-hybridized carbons (Fsp3) is 0.818. The van der Waals surface area contributed by atoms with Crippen LogP contribution in [0.2, 0.25) is 0 Å². The Morgan fingerprint density at radius 2 is 1.94 bits per heavy atom. The van der Waals surface area contributed by atoms with E-state index in [0.29, 0.717) is 6.42 Å². The molecule has 0 aliphatic carbocycles. The number of carbonyl (C=O) groups is 1. The molecule has 0 aliphatic heterocycles. The largest absolute Gasteiger partial charge is 0.409 e. The maximum atomic E-state index is 11.8. The first kappa shape index (κ1) is 14.7. The van der Waals surface area contributed by atoms with Crippen LogP contribution in [0.4, 0.5) is 0 Å². The highest BCUT2D eigenvalue weighted by atomic mass is 16.4. The van der Waals surface area contributed by atoms with Crippen LogP contribution in [-0.2, 0) is 4.79 Å². The van der Waals surface area contributed by atoms with Crippen LogP contribution >= 0.6 is 0 Å². The molecule has 0 rings (SSSR count). The molecule has 1 atom stereocenters. The molecule has 0 aliphatic rings. The standard InChI is InChI=1S/C11H23N3O2/c1-4-7-9(10(12)14-16)13-11(15)8(5-2)6-3/h8-9,16H,4-7H2,1-3H3,(H2,12,14)(H,13,15). The molecule has 94 valence electrons. The first-order valence-electron chi connectivity index (χ1n) is 5.88. The van der Waals surface area contributed by atoms with Crippen LogP contribution in [0.1, 0.15) is 46.5 Å². The van der Waals surface area contributed by atoms with Crippen LogP contribution in [0.15, 0.2) is 5.16 Å². The molecule has 0 fully saturated rings. The SMILES string of the molecule is CCCC(NC(=O)C(CC)CC)/C(N)=N/O. The Labute approximate surface area is 97.1 Å². The summed E-state index contributed by atoms with van der Waals surface area (Å²) in [6.07, 6.45) is 3.15. The molecule has 5 heteroatoms. The first-order chi connectivity index (χ1) is 7.60. The van der Waals surface area contributed by atoms with Crippen molar-refractivity contribution in [1.29, 1.82) is 0 Å². The fourth-order valence-corrected chi connectivity index (χ4v) is 1.60. The van der Waals surface area contributed by atoms with E-state index in [4.69, 9.17) is 10.9 Å². The summed E-state index contributed by atoms with van der Waals surface area (Å²) < 4.78 is 0. The van der Waals surface area contributed by atoms with Crippen molar-refractivity contribution in [3.63, 3.8) is 0 Å². The Balaban J connectivity index is 4.44. The highest BCUT2D eigenvalue weighted by Gasteiger charge is 2.20. The molecule has 16 heavy (non-hydrogen) atoms. The van der Waals surface area contributed by atoms with Gasteiger partial charge in [0.15, 0.2) is 5.84 Å². The summed E-state index contributed by atoms with van der Waals surface area (Å²) in [6, 6.07) is -0.358. The van der Waals surface area contributed by atoms with Gasteiger partial charge in [-0.1, -0.05) is 32.3 Å². The summed E-state index contributed by atoms with van der Waals surface area (Å²) in [5.41, 5.74) is 5.52. The quantitative estimate of drug-likeness (QED) is 0.267. The third-order valence-electron chi connectivity index (χ3n) is 2.72. The molecule has 0 radical (unpaired) electrons. The minimum absolute atomic E-state index is 0.00542. The van der Waals surface area contributed by atoms with Gasteiger partial charge in [-0.15, -0.1) is 0 Å². The van der Waals surface area contributed by atoms with Gasteiger partial charge in [0.25, 0.3) is 0 Å². The van der Waals surface area contributed by atoms with Crippen LogP contribution in [-0.4, -0.2) is 23.0 Å². The van der Waals surface area contributed by atoms with Crippen molar-refractivity contribution >= 4 is 11.7 Å². The average Bonchev–Trinajstić information content (AvgIpc) is 2.29. The Morgan fingerprint density at radius 3 is 2.31 bits per heavy atom. The van der Waals surface area contributed by atoms with E-state index in [1.54, 1.807) is 0 Å². The molecule has 0 saturated heterocycles. The van der Waals surface area contributed by atoms with Crippen LogP contribution in [0.25, 0.3) is 0 Å². The maximum absolute atomic E-state index is 11.8. The second-order valence-electron chi connectivity index (χ2n) is 3.89. The number of carbonyl (C=O) groups excluding carboxylic acids is 1. The van der Waals surface area contributed by atoms with Gasteiger partial charge in [0.2, 0.25) is 5.91 Å². The van der Waals surface area contributed by atoms with Gasteiger partial charge in [0.1, 0.15) is 0 Å². The number of nitrogens with one attached hydrogen (secondary N) is 1. The van der Waals surface area contributed by atoms with E-state index >= 15 is 0 Å². The van der Waals surface area contributed by atoms with Crippen LogP contribution in [0.5, 0.6) is 0 Å². The van der Waals surface area contributed by atoms with Crippen molar-refractivity contribution in [3.05, 3.63) is 0 Å². The van der Waals surface area contributed by atoms with Crippen molar-refractivity contribution in [3.8, 4) is 0 Å². The summed E-state index contributed by atoms with van der Waals surface area (Å²) in [7, 11) is 0. The Morgan fingerprint density at radius 1 is 1.38 bits per heavy atom. The summed E-state index contributed by atoms with van der Waals surface area (Å²) in [6.45, 7) is 5.94. The topological polar surface area (TPSA) is 87.7 Å². The molecule has 0 spiro atoms. The van der Waals surface area contributed by atoms with Gasteiger partial charge in [0, 0.05) is 5.92 Å². The van der Waals surface area contributed by atoms with E-state index < -0.39 is 0 Å². The molecule has 0 heterocycles. The van der Waals surface area contributed by atoms with Crippen molar-refractivity contribution < 1.29 is 10.0 Å². The lowest BCUT2D eigenvalue weighted by atomic mass is 10.0. The molecule has 4 N–H and O–H groups in total. The minimum atomic E-state index is -0.358. The number of amides is 1. The van der Waals surface area contributed by atoms with Gasteiger partial charge in [0.05, 0.1) is 6.04 Å². The van der Waals surface area contributed by atoms with E-state index in [1.807, 2.05) is 20.8 Å². The number of nitrogens with two attached hydrogens (primary N) is 1. The van der Waals surface area contributed by atoms with E-state index in [1.165, 1.54) is 0 Å². The van der Waals surface area contributed by atoms with Crippen molar-refractivity contribution in [2.45, 2.75) is 52.5 Å². The van der Waals surface area contributed by atoms with Crippen molar-refractivity contribution in [2.75, 3.05) is 0 Å². The van der Waals surface area contributed by atoms with Crippen molar-refractivity contribution in [2.24, 2.45) is 16.8 Å². The number of hydrogen-bond donors (Lipinski definition) is 3. The Bertz CT molecular complexity index is 237. The average molecular weight is 229 g/mol. The van der Waals surface area contributed by atoms with Gasteiger partial charge in [-0.05, 0) is 19.3 Å². The lowest BCUT2D eigenvalue weighted by Crippen LogP contribution is -2.46. The maximum Gasteiger partial charge on any atom is 0.223 e. The van der Waals surface area contributed by atoms with Gasteiger partial charge >= 0.3 is 0 Å². The Kier molecular flexibility index (Phi) is 7.33. The molecule has 0 aromatic heterocycles. The first-order valence-corrected chi connectivity index (χ1v) is 5.88. The Hall–Kier alpha value is -1.26. The lowest BCUT2D eigenvalue weighted by molar-refractivity contribution is -0.125. The summed E-state index contributed by atoms with van der Waals surface area (Å²) >= 11 is 0. The van der Waals surface area contributed by atoms with E-state index in [2.05, 4.69) is 10.5 Å². The van der Waals surface area contributed by atoms with Gasteiger partial charge in [-0.3, -0.25) is 4.79 Å². The van der Waals surface area contributed by atoms with Gasteiger partial charge < -0.3 is 16.3 Å². The molecule has 0 bridgehead atoms. The third kappa shape index (κ3) is 4.51. The zero-order chi connectivity index (χ0) is 12.6. The van der Waals surface area contributed by atoms with Gasteiger partial charge in [-0.25, -0.2) is 0 Å². The predicted octanol–water partition coefficient (Wildman–Crippen LogP) is 1.45. The van der Waals surface area contributed by atoms with Crippen LogP contribution in [0.3, 0.4) is 0 Å². The molecule has 0 saturated carbocycles. The normalized spacial score (nSPS) is 13.9. The lowest BCUT2D eigenvalue weighted by Gasteiger charge is -2.20. The summed E-state index contributed by atoms with van der Waals surface area (Å²) in [5.74, 6) is 0.0575. The highest BCUT2D eigenvalue weighted by molar-refractivity contribution is 5.90. The molecular formula is C11H23N3O2. The second-order valence-corrected chi connectivity index (χ2v) is 3.89. The van der Waals surface area contributed by atoms with E-state index in [-0.39, 0.29) is 23.7 Å². The number of oxime groups is 1. The zero-order valence-electron chi connectivity index (χ0n) is 10.4. The zero-order valence-corrected chi connectivity index (χ0v) is 10.4. The number of hydrogen-bond acceptors (Lipinski definition) is 3. The van der Waals surface area contributed by atoms with Gasteiger partial charge in [-0.2, -0.15) is 0 Å². The molecule has 0 aromatic rings. The van der Waals surface area contributed by atoms with Crippen LogP contribution < -0.4 is 11.1 Å². The van der Waals surface area contributed by atoms with E-state index in [0.717, 1.165) is 19.3 Å². The molecule has 1 unspecified atom stereocenters. The number of amidine groups is 1. The molecular weight excluding hydrogens is 206 g/mol. The molecule has 0 aromatic carbocycles. The fourth-order valence-electron chi connectivity index (χ4n) is 1.60. The minimum Gasteiger partial charge on any atom is -0.409 e. The predicted molar refractivity (Wildman–Crippen MR) is 64.3 cm³/mol. The van der Waals surface area contributed by atoms with Crippen molar-refractivity contribution in [1.82, 2.24) is 5.32 Å². The summed E-state index contributed by atoms with van der Waals surface area (Å²) in [5, 5.41) is 14.4. The molecule has 1 amide bonds. The second kappa shape index (κ2) is 7.96. The number of nitrogens with zero attached hydrogens (tertiary/aromatic N) is 1. The third-order valence-corrected chi connectivity index (χ3v) is 2.72. The molecule has 5 nitrogen and oxygen atoms in total. The van der Waals surface area contributed by atoms with Crippen LogP contribution in [0, 0.1) is 5.92 Å². The summed E-state index contributed by atoms with van der Waals surface area (Å²) in [4.78, 5) is 11.8. The highest BCUT2D eigenvalue weighted by Crippen LogP contribution is 2.08. The monoisotopic (exact) mass is 229 g/mol.